The summed E-state index contributed by atoms with van der Waals surface area (Å²) in [7, 11) is 0. The lowest BCUT2D eigenvalue weighted by Gasteiger charge is -2.10. The highest BCUT2D eigenvalue weighted by Crippen LogP contribution is 2.24. The molecule has 0 bridgehead atoms. The molecule has 0 fully saturated rings. The maximum Gasteiger partial charge on any atom is 0.194 e. The minimum atomic E-state index is -1.63. The zero-order chi connectivity index (χ0) is 12.4. The summed E-state index contributed by atoms with van der Waals surface area (Å²) in [6.45, 7) is 0. The highest BCUT2D eigenvalue weighted by molar-refractivity contribution is 5.26. The van der Waals surface area contributed by atoms with Crippen LogP contribution >= 0.6 is 0 Å². The van der Waals surface area contributed by atoms with Crippen LogP contribution in [-0.2, 0) is 0 Å². The molecule has 0 aliphatic carbocycles. The fourth-order valence-electron chi connectivity index (χ4n) is 1.34. The number of benzene rings is 1. The molecule has 2 aromatic rings. The molecule has 1 heterocycles. The molecule has 88 valence electrons. The fraction of sp³-hybridized carbons (Fsp3) is 0.0909. The average molecular weight is 240 g/mol. The number of aromatic nitrogens is 2. The van der Waals surface area contributed by atoms with E-state index in [0.717, 1.165) is 12.1 Å². The van der Waals surface area contributed by atoms with Gasteiger partial charge in [-0.3, -0.25) is 0 Å². The molecule has 0 spiro atoms. The van der Waals surface area contributed by atoms with Gasteiger partial charge >= 0.3 is 0 Å². The van der Waals surface area contributed by atoms with Crippen molar-refractivity contribution in [3.63, 3.8) is 0 Å². The van der Waals surface area contributed by atoms with Gasteiger partial charge in [0.2, 0.25) is 0 Å². The van der Waals surface area contributed by atoms with Crippen LogP contribution in [0.1, 0.15) is 17.5 Å². The summed E-state index contributed by atoms with van der Waals surface area (Å²) < 4.78 is 39.0. The van der Waals surface area contributed by atoms with E-state index < -0.39 is 29.1 Å². The third-order valence-corrected chi connectivity index (χ3v) is 2.19. The van der Waals surface area contributed by atoms with Gasteiger partial charge in [0.05, 0.1) is 0 Å². The summed E-state index contributed by atoms with van der Waals surface area (Å²) in [6.07, 6.45) is 1.17. The van der Waals surface area contributed by atoms with Gasteiger partial charge in [0.25, 0.3) is 0 Å². The standard InChI is InChI=1S/C11H7F3N2O/c12-7-3-2-6(8(13)9(7)14)10(17)11-15-4-1-5-16-11/h1-5,10,17H. The Morgan fingerprint density at radius 1 is 1.00 bits per heavy atom. The SMILES string of the molecule is OC(c1ncccn1)c1ccc(F)c(F)c1F. The Hall–Kier alpha value is -1.95. The predicted molar refractivity (Wildman–Crippen MR) is 52.4 cm³/mol. The number of aliphatic hydroxyl groups is 1. The van der Waals surface area contributed by atoms with Gasteiger partial charge in [-0.05, 0) is 18.2 Å². The second kappa shape index (κ2) is 4.50. The molecule has 0 radical (unpaired) electrons. The lowest BCUT2D eigenvalue weighted by molar-refractivity contribution is 0.202. The molecule has 1 N–H and O–H groups in total. The Labute approximate surface area is 94.6 Å². The van der Waals surface area contributed by atoms with Crippen LogP contribution in [-0.4, -0.2) is 15.1 Å². The van der Waals surface area contributed by atoms with Crippen LogP contribution in [0, 0.1) is 17.5 Å². The Balaban J connectivity index is 2.45. The smallest absolute Gasteiger partial charge is 0.194 e. The summed E-state index contributed by atoms with van der Waals surface area (Å²) in [5.74, 6) is -4.47. The van der Waals surface area contributed by atoms with E-state index in [1.54, 1.807) is 0 Å². The maximum atomic E-state index is 13.4. The molecule has 0 aliphatic heterocycles. The van der Waals surface area contributed by atoms with Crippen molar-refractivity contribution in [2.75, 3.05) is 0 Å². The van der Waals surface area contributed by atoms with Gasteiger partial charge in [0.1, 0.15) is 6.10 Å². The molecule has 1 atom stereocenters. The normalized spacial score (nSPS) is 12.5. The van der Waals surface area contributed by atoms with Gasteiger partial charge in [0, 0.05) is 18.0 Å². The monoisotopic (exact) mass is 240 g/mol. The van der Waals surface area contributed by atoms with E-state index in [1.807, 2.05) is 0 Å². The predicted octanol–water partition coefficient (Wildman–Crippen LogP) is 1.98. The van der Waals surface area contributed by atoms with Gasteiger partial charge in [-0.2, -0.15) is 0 Å². The van der Waals surface area contributed by atoms with Crippen LogP contribution in [0.2, 0.25) is 0 Å². The first-order valence-electron chi connectivity index (χ1n) is 4.69. The topological polar surface area (TPSA) is 46.0 Å². The molecule has 0 amide bonds. The largest absolute Gasteiger partial charge is 0.380 e. The number of halogens is 3. The summed E-state index contributed by atoms with van der Waals surface area (Å²) in [5.41, 5.74) is -0.407. The summed E-state index contributed by atoms with van der Waals surface area (Å²) in [4.78, 5) is 7.41. The van der Waals surface area contributed by atoms with Gasteiger partial charge in [0.15, 0.2) is 23.3 Å². The molecule has 0 saturated heterocycles. The van der Waals surface area contributed by atoms with Crippen molar-refractivity contribution < 1.29 is 18.3 Å². The van der Waals surface area contributed by atoms with Crippen molar-refractivity contribution in [3.8, 4) is 0 Å². The Morgan fingerprint density at radius 3 is 2.29 bits per heavy atom. The average Bonchev–Trinajstić information content (AvgIpc) is 2.36. The van der Waals surface area contributed by atoms with E-state index in [1.165, 1.54) is 18.5 Å². The van der Waals surface area contributed by atoms with Crippen molar-refractivity contribution in [1.29, 1.82) is 0 Å². The van der Waals surface area contributed by atoms with Gasteiger partial charge in [-0.15, -0.1) is 0 Å². The molecular formula is C11H7F3N2O. The van der Waals surface area contributed by atoms with Gasteiger partial charge in [-0.1, -0.05) is 0 Å². The number of hydrogen-bond donors (Lipinski definition) is 1. The molecule has 0 saturated carbocycles. The fourth-order valence-corrected chi connectivity index (χ4v) is 1.34. The summed E-state index contributed by atoms with van der Waals surface area (Å²) >= 11 is 0. The third-order valence-electron chi connectivity index (χ3n) is 2.19. The van der Waals surface area contributed by atoms with Crippen molar-refractivity contribution in [1.82, 2.24) is 9.97 Å². The number of aliphatic hydroxyl groups excluding tert-OH is 1. The van der Waals surface area contributed by atoms with Crippen LogP contribution in [0.5, 0.6) is 0 Å². The molecule has 3 nitrogen and oxygen atoms in total. The highest BCUT2D eigenvalue weighted by atomic mass is 19.2. The Kier molecular flexibility index (Phi) is 3.06. The number of hydrogen-bond acceptors (Lipinski definition) is 3. The van der Waals surface area contributed by atoms with E-state index in [2.05, 4.69) is 9.97 Å². The maximum absolute atomic E-state index is 13.4. The van der Waals surface area contributed by atoms with Crippen LogP contribution in [0.4, 0.5) is 13.2 Å². The van der Waals surface area contributed by atoms with E-state index in [-0.39, 0.29) is 5.82 Å². The lowest BCUT2D eigenvalue weighted by Crippen LogP contribution is -2.08. The molecule has 0 aliphatic rings. The highest BCUT2D eigenvalue weighted by Gasteiger charge is 2.21. The quantitative estimate of drug-likeness (QED) is 0.816. The summed E-state index contributed by atoms with van der Waals surface area (Å²) in [6, 6.07) is 3.20. The number of nitrogens with zero attached hydrogens (tertiary/aromatic N) is 2. The van der Waals surface area contributed by atoms with Crippen molar-refractivity contribution in [2.45, 2.75) is 6.10 Å². The second-order valence-electron chi connectivity index (χ2n) is 3.27. The minimum Gasteiger partial charge on any atom is -0.380 e. The zero-order valence-electron chi connectivity index (χ0n) is 8.44. The van der Waals surface area contributed by atoms with Crippen LogP contribution < -0.4 is 0 Å². The molecule has 1 aromatic heterocycles. The van der Waals surface area contributed by atoms with E-state index in [0.29, 0.717) is 0 Å². The molecule has 17 heavy (non-hydrogen) atoms. The molecule has 2 rings (SSSR count). The molecule has 1 unspecified atom stereocenters. The van der Waals surface area contributed by atoms with E-state index in [9.17, 15) is 18.3 Å². The van der Waals surface area contributed by atoms with Crippen molar-refractivity contribution in [2.24, 2.45) is 0 Å². The van der Waals surface area contributed by atoms with Gasteiger partial charge in [-0.25, -0.2) is 23.1 Å². The molecular weight excluding hydrogens is 233 g/mol. The third kappa shape index (κ3) is 2.12. The second-order valence-corrected chi connectivity index (χ2v) is 3.27. The van der Waals surface area contributed by atoms with Crippen LogP contribution in [0.3, 0.4) is 0 Å². The van der Waals surface area contributed by atoms with Crippen molar-refractivity contribution in [3.05, 3.63) is 59.4 Å². The van der Waals surface area contributed by atoms with E-state index >= 15 is 0 Å². The first kappa shape index (κ1) is 11.5. The number of rotatable bonds is 2. The minimum absolute atomic E-state index is 0.0857. The van der Waals surface area contributed by atoms with Crippen LogP contribution in [0.15, 0.2) is 30.6 Å². The van der Waals surface area contributed by atoms with Crippen LogP contribution in [0.25, 0.3) is 0 Å². The molecule has 6 heteroatoms. The van der Waals surface area contributed by atoms with Crippen molar-refractivity contribution >= 4 is 0 Å². The first-order valence-corrected chi connectivity index (χ1v) is 4.69. The van der Waals surface area contributed by atoms with Gasteiger partial charge < -0.3 is 5.11 Å². The zero-order valence-corrected chi connectivity index (χ0v) is 8.44. The van der Waals surface area contributed by atoms with E-state index in [4.69, 9.17) is 0 Å². The first-order chi connectivity index (χ1) is 8.11. The Morgan fingerprint density at radius 2 is 1.65 bits per heavy atom. The lowest BCUT2D eigenvalue weighted by atomic mass is 10.1. The molecule has 1 aromatic carbocycles. The summed E-state index contributed by atoms with van der Waals surface area (Å²) in [5, 5.41) is 9.73. The Bertz CT molecular complexity index is 534.